The Morgan fingerprint density at radius 1 is 1.03 bits per heavy atom. The Labute approximate surface area is 187 Å². The lowest BCUT2D eigenvalue weighted by Crippen LogP contribution is -2.33. The Hall–Kier alpha value is -3.60. The average molecular weight is 424 g/mol. The van der Waals surface area contributed by atoms with Crippen molar-refractivity contribution in [3.05, 3.63) is 71.3 Å². The first kappa shape index (κ1) is 19.1. The van der Waals surface area contributed by atoms with Crippen LogP contribution in [0.15, 0.2) is 59.1 Å². The molecule has 0 spiro atoms. The maximum atomic E-state index is 13.7. The molecule has 6 rings (SSSR count). The number of aryl methyl sites for hydroxylation is 1. The molecule has 1 aliphatic carbocycles. The zero-order chi connectivity index (χ0) is 21.8. The second-order valence-electron chi connectivity index (χ2n) is 9.09. The van der Waals surface area contributed by atoms with E-state index in [1.54, 1.807) is 0 Å². The van der Waals surface area contributed by atoms with E-state index >= 15 is 0 Å². The van der Waals surface area contributed by atoms with Gasteiger partial charge in [0.1, 0.15) is 5.52 Å². The Kier molecular flexibility index (Phi) is 4.32. The summed E-state index contributed by atoms with van der Waals surface area (Å²) in [7, 11) is 0. The molecule has 1 aromatic heterocycles. The number of ketones is 1. The molecule has 1 fully saturated rings. The molecule has 0 unspecified atom stereocenters. The second-order valence-corrected chi connectivity index (χ2v) is 9.09. The van der Waals surface area contributed by atoms with Gasteiger partial charge >= 0.3 is 0 Å². The molecule has 32 heavy (non-hydrogen) atoms. The fourth-order valence-corrected chi connectivity index (χ4v) is 4.92. The molecule has 2 aliphatic rings. The van der Waals surface area contributed by atoms with Gasteiger partial charge in [-0.15, -0.1) is 0 Å². The minimum atomic E-state index is 0.00901. The van der Waals surface area contributed by atoms with E-state index in [4.69, 9.17) is 4.52 Å². The number of rotatable bonds is 3. The summed E-state index contributed by atoms with van der Waals surface area (Å²) in [5, 5.41) is 8.83. The molecule has 0 radical (unpaired) electrons. The number of fused-ring (bicyclic) bond motifs is 2. The maximum absolute atomic E-state index is 13.7. The smallest absolute Gasteiger partial charge is 0.196 e. The Balaban J connectivity index is 1.58. The monoisotopic (exact) mass is 423 g/mol. The number of benzene rings is 3. The zero-order valence-corrected chi connectivity index (χ0v) is 18.3. The van der Waals surface area contributed by atoms with E-state index in [1.165, 1.54) is 5.56 Å². The molecular weight excluding hydrogens is 398 g/mol. The third kappa shape index (κ3) is 2.92. The van der Waals surface area contributed by atoms with Gasteiger partial charge in [0.2, 0.25) is 0 Å². The molecule has 0 amide bonds. The van der Waals surface area contributed by atoms with Crippen LogP contribution in [0.3, 0.4) is 0 Å². The van der Waals surface area contributed by atoms with E-state index < -0.39 is 0 Å². The Bertz CT molecular complexity index is 1350. The number of hydrogen-bond acceptors (Lipinski definition) is 5. The van der Waals surface area contributed by atoms with Crippen LogP contribution in [0.1, 0.15) is 41.3 Å². The van der Waals surface area contributed by atoms with E-state index in [9.17, 15) is 4.79 Å². The topological polar surface area (TPSA) is 58.4 Å². The average Bonchev–Trinajstić information content (AvgIpc) is 3.25. The van der Waals surface area contributed by atoms with Gasteiger partial charge in [-0.3, -0.25) is 4.79 Å². The van der Waals surface area contributed by atoms with E-state index in [0.717, 1.165) is 65.4 Å². The van der Waals surface area contributed by atoms with Crippen molar-refractivity contribution in [3.63, 3.8) is 0 Å². The van der Waals surface area contributed by atoms with Gasteiger partial charge in [-0.05, 0) is 43.9 Å². The van der Waals surface area contributed by atoms with Crippen LogP contribution in [0.4, 0.5) is 17.1 Å². The summed E-state index contributed by atoms with van der Waals surface area (Å²) >= 11 is 0. The van der Waals surface area contributed by atoms with Crippen LogP contribution in [-0.4, -0.2) is 24.0 Å². The Morgan fingerprint density at radius 2 is 1.75 bits per heavy atom. The summed E-state index contributed by atoms with van der Waals surface area (Å²) in [6.07, 6.45) is 2.30. The predicted octanol–water partition coefficient (Wildman–Crippen LogP) is 6.33. The second kappa shape index (κ2) is 7.23. The molecule has 160 valence electrons. The van der Waals surface area contributed by atoms with Crippen LogP contribution < -0.4 is 10.2 Å². The number of aromatic nitrogens is 1. The van der Waals surface area contributed by atoms with Gasteiger partial charge in [-0.1, -0.05) is 54.0 Å². The van der Waals surface area contributed by atoms with Gasteiger partial charge in [-0.2, -0.15) is 0 Å². The van der Waals surface area contributed by atoms with Gasteiger partial charge in [-0.25, -0.2) is 0 Å². The fraction of sp³-hybridized carbons (Fsp3) is 0.259. The molecule has 1 N–H and O–H groups in total. The number of hydrogen-bond donors (Lipinski definition) is 1. The van der Waals surface area contributed by atoms with Crippen LogP contribution in [0.25, 0.3) is 22.2 Å². The van der Waals surface area contributed by atoms with Gasteiger partial charge < -0.3 is 14.7 Å². The van der Waals surface area contributed by atoms with Crippen LogP contribution in [0.5, 0.6) is 0 Å². The van der Waals surface area contributed by atoms with Crippen LogP contribution in [-0.2, 0) is 0 Å². The third-order valence-electron chi connectivity index (χ3n) is 6.83. The van der Waals surface area contributed by atoms with Crippen molar-refractivity contribution in [3.8, 4) is 11.3 Å². The molecule has 1 saturated heterocycles. The number of nitrogens with one attached hydrogen (secondary N) is 1. The molecule has 1 aliphatic heterocycles. The summed E-state index contributed by atoms with van der Waals surface area (Å²) in [5.74, 6) is 1.42. The van der Waals surface area contributed by atoms with E-state index in [-0.39, 0.29) is 5.78 Å². The van der Waals surface area contributed by atoms with Crippen molar-refractivity contribution in [1.82, 2.24) is 5.16 Å². The van der Waals surface area contributed by atoms with E-state index in [2.05, 4.69) is 47.4 Å². The first-order valence-corrected chi connectivity index (χ1v) is 11.3. The van der Waals surface area contributed by atoms with Crippen LogP contribution >= 0.6 is 0 Å². The molecule has 5 heteroatoms. The van der Waals surface area contributed by atoms with Gasteiger partial charge in [0.05, 0.1) is 22.3 Å². The standard InChI is InChI=1S/C27H25N3O2/c1-16-7-9-18(10-8-16)28-21-15-22(30-13-11-17(2)12-14-30)25-24-23(21)26(31)19-5-3-4-6-20(19)27(24)32-29-25/h3-10,15,17,28H,11-14H2,1-2H3. The molecule has 4 aromatic rings. The van der Waals surface area contributed by atoms with Crippen molar-refractivity contribution in [2.24, 2.45) is 5.92 Å². The highest BCUT2D eigenvalue weighted by atomic mass is 16.5. The fourth-order valence-electron chi connectivity index (χ4n) is 4.92. The third-order valence-corrected chi connectivity index (χ3v) is 6.83. The van der Waals surface area contributed by atoms with Crippen LogP contribution in [0, 0.1) is 12.8 Å². The predicted molar refractivity (Wildman–Crippen MR) is 128 cm³/mol. The highest BCUT2D eigenvalue weighted by Gasteiger charge is 2.34. The largest absolute Gasteiger partial charge is 0.370 e. The molecule has 3 aromatic carbocycles. The lowest BCUT2D eigenvalue weighted by Gasteiger charge is -2.33. The van der Waals surface area contributed by atoms with Crippen molar-refractivity contribution >= 4 is 33.7 Å². The first-order chi connectivity index (χ1) is 15.6. The SMILES string of the molecule is Cc1ccc(Nc2cc(N3CCC(C)CC3)c3noc4c3c2C(=O)c2ccccc2-4)cc1. The lowest BCUT2D eigenvalue weighted by molar-refractivity contribution is 0.104. The molecule has 2 heterocycles. The van der Waals surface area contributed by atoms with Crippen molar-refractivity contribution < 1.29 is 9.32 Å². The molecule has 5 nitrogen and oxygen atoms in total. The lowest BCUT2D eigenvalue weighted by atomic mass is 9.86. The maximum Gasteiger partial charge on any atom is 0.196 e. The van der Waals surface area contributed by atoms with Crippen molar-refractivity contribution in [2.75, 3.05) is 23.3 Å². The minimum absolute atomic E-state index is 0.00901. The summed E-state index contributed by atoms with van der Waals surface area (Å²) in [6.45, 7) is 6.33. The highest BCUT2D eigenvalue weighted by Crippen LogP contribution is 2.46. The highest BCUT2D eigenvalue weighted by molar-refractivity contribution is 6.28. The summed E-state index contributed by atoms with van der Waals surface area (Å²) in [5.41, 5.74) is 6.89. The van der Waals surface area contributed by atoms with Gasteiger partial charge in [0, 0.05) is 29.9 Å². The van der Waals surface area contributed by atoms with E-state index in [1.807, 2.05) is 36.4 Å². The Morgan fingerprint density at radius 3 is 2.50 bits per heavy atom. The minimum Gasteiger partial charge on any atom is -0.370 e. The number of carbonyl (C=O) groups is 1. The molecule has 0 saturated carbocycles. The summed E-state index contributed by atoms with van der Waals surface area (Å²) < 4.78 is 5.89. The van der Waals surface area contributed by atoms with Crippen LogP contribution in [0.2, 0.25) is 0 Å². The number of anilines is 3. The molecular formula is C27H25N3O2. The quantitative estimate of drug-likeness (QED) is 0.368. The van der Waals surface area contributed by atoms with E-state index in [0.29, 0.717) is 16.9 Å². The normalized spacial score (nSPS) is 15.8. The van der Waals surface area contributed by atoms with Crippen molar-refractivity contribution in [1.29, 1.82) is 0 Å². The van der Waals surface area contributed by atoms with Crippen molar-refractivity contribution in [2.45, 2.75) is 26.7 Å². The zero-order valence-electron chi connectivity index (χ0n) is 18.3. The molecule has 0 bridgehead atoms. The molecule has 0 atom stereocenters. The summed E-state index contributed by atoms with van der Waals surface area (Å²) in [4.78, 5) is 16.1. The summed E-state index contributed by atoms with van der Waals surface area (Å²) in [6, 6.07) is 18.0. The van der Waals surface area contributed by atoms with Gasteiger partial charge in [0.15, 0.2) is 11.5 Å². The number of piperidine rings is 1. The number of carbonyl (C=O) groups excluding carboxylic acids is 1. The number of nitrogens with zero attached hydrogens (tertiary/aromatic N) is 2. The van der Waals surface area contributed by atoms with Gasteiger partial charge in [0.25, 0.3) is 0 Å². The first-order valence-electron chi connectivity index (χ1n) is 11.3.